The quantitative estimate of drug-likeness (QED) is 0.653. The summed E-state index contributed by atoms with van der Waals surface area (Å²) in [5.74, 6) is 1.43. The normalized spacial score (nSPS) is 17.0. The number of hydrogen-bond acceptors (Lipinski definition) is 6. The maximum Gasteiger partial charge on any atom is 0.251 e. The Labute approximate surface area is 175 Å². The van der Waals surface area contributed by atoms with Gasteiger partial charge < -0.3 is 14.8 Å². The summed E-state index contributed by atoms with van der Waals surface area (Å²) in [7, 11) is 0. The lowest BCUT2D eigenvalue weighted by atomic mass is 9.94. The predicted molar refractivity (Wildman–Crippen MR) is 115 cm³/mol. The summed E-state index contributed by atoms with van der Waals surface area (Å²) in [4.78, 5) is 26.3. The van der Waals surface area contributed by atoms with E-state index >= 15 is 0 Å². The number of nitrogens with zero attached hydrogens (tertiary/aromatic N) is 3. The number of aromatic hydroxyl groups is 1. The first-order valence-electron chi connectivity index (χ1n) is 10.3. The fourth-order valence-corrected chi connectivity index (χ4v) is 3.95. The fourth-order valence-electron chi connectivity index (χ4n) is 3.95. The van der Waals surface area contributed by atoms with Crippen LogP contribution in [0.5, 0.6) is 11.5 Å². The van der Waals surface area contributed by atoms with Crippen LogP contribution in [0.15, 0.2) is 53.6 Å². The monoisotopic (exact) mass is 406 g/mol. The number of rotatable bonds is 6. The van der Waals surface area contributed by atoms with Crippen LogP contribution in [0.4, 0.5) is 0 Å². The molecular formula is C23H26N4O3. The van der Waals surface area contributed by atoms with Crippen molar-refractivity contribution in [2.45, 2.75) is 32.2 Å². The highest BCUT2D eigenvalue weighted by Crippen LogP contribution is 2.30. The lowest BCUT2D eigenvalue weighted by Crippen LogP contribution is -2.34. The van der Waals surface area contributed by atoms with Crippen LogP contribution in [0.2, 0.25) is 0 Å². The summed E-state index contributed by atoms with van der Waals surface area (Å²) in [6.07, 6.45) is 5.44. The first-order chi connectivity index (χ1) is 14.6. The Bertz CT molecular complexity index is 1050. The highest BCUT2D eigenvalue weighted by atomic mass is 16.5. The van der Waals surface area contributed by atoms with Gasteiger partial charge in [-0.3, -0.25) is 14.7 Å². The molecule has 3 heterocycles. The van der Waals surface area contributed by atoms with E-state index in [4.69, 9.17) is 9.72 Å². The van der Waals surface area contributed by atoms with Gasteiger partial charge in [0.15, 0.2) is 11.5 Å². The van der Waals surface area contributed by atoms with Crippen molar-refractivity contribution >= 4 is 0 Å². The van der Waals surface area contributed by atoms with Gasteiger partial charge in [0.1, 0.15) is 5.82 Å². The number of H-pyrrole nitrogens is 1. The second kappa shape index (κ2) is 9.09. The van der Waals surface area contributed by atoms with Crippen LogP contribution in [-0.4, -0.2) is 44.7 Å². The van der Waals surface area contributed by atoms with Crippen LogP contribution in [-0.2, 0) is 6.54 Å². The summed E-state index contributed by atoms with van der Waals surface area (Å²) in [6, 6.07) is 10.8. The average Bonchev–Trinajstić information content (AvgIpc) is 2.77. The number of likely N-dealkylation sites (tertiary alicyclic amines) is 1. The van der Waals surface area contributed by atoms with Crippen molar-refractivity contribution in [1.29, 1.82) is 0 Å². The molecular weight excluding hydrogens is 380 g/mol. The smallest absolute Gasteiger partial charge is 0.251 e. The third-order valence-corrected chi connectivity index (χ3v) is 5.35. The maximum absolute atomic E-state index is 12.3. The molecule has 0 amide bonds. The number of benzene rings is 1. The Balaban J connectivity index is 1.51. The molecule has 0 spiro atoms. The molecule has 156 valence electrons. The number of aromatic nitrogens is 3. The zero-order valence-electron chi connectivity index (χ0n) is 17.0. The summed E-state index contributed by atoms with van der Waals surface area (Å²) in [5, 5.41) is 9.92. The number of ether oxygens (including phenoxy) is 1. The van der Waals surface area contributed by atoms with Gasteiger partial charge in [-0.05, 0) is 56.1 Å². The van der Waals surface area contributed by atoms with Gasteiger partial charge >= 0.3 is 0 Å². The molecule has 1 aromatic carbocycles. The van der Waals surface area contributed by atoms with E-state index in [1.54, 1.807) is 24.5 Å². The Hall–Kier alpha value is -3.19. The van der Waals surface area contributed by atoms with Gasteiger partial charge in [0, 0.05) is 43.0 Å². The molecule has 0 saturated carbocycles. The minimum Gasteiger partial charge on any atom is -0.504 e. The number of nitrogens with one attached hydrogen (secondary N) is 1. The zero-order chi connectivity index (χ0) is 20.9. The molecule has 4 rings (SSSR count). The second-order valence-corrected chi connectivity index (χ2v) is 7.57. The molecule has 3 aromatic rings. The van der Waals surface area contributed by atoms with E-state index in [2.05, 4.69) is 14.9 Å². The average molecular weight is 406 g/mol. The van der Waals surface area contributed by atoms with Crippen LogP contribution < -0.4 is 10.3 Å². The lowest BCUT2D eigenvalue weighted by molar-refractivity contribution is 0.198. The van der Waals surface area contributed by atoms with Crippen LogP contribution >= 0.6 is 0 Å². The molecule has 1 fully saturated rings. The molecule has 30 heavy (non-hydrogen) atoms. The van der Waals surface area contributed by atoms with Gasteiger partial charge in [-0.1, -0.05) is 6.07 Å². The Morgan fingerprint density at radius 2 is 2.20 bits per heavy atom. The first-order valence-corrected chi connectivity index (χ1v) is 10.3. The fraction of sp³-hybridized carbons (Fsp3) is 0.348. The summed E-state index contributed by atoms with van der Waals surface area (Å²) < 4.78 is 5.50. The van der Waals surface area contributed by atoms with Gasteiger partial charge in [0.05, 0.1) is 12.3 Å². The van der Waals surface area contributed by atoms with Gasteiger partial charge in [-0.25, -0.2) is 4.98 Å². The van der Waals surface area contributed by atoms with Crippen LogP contribution in [0.25, 0.3) is 11.4 Å². The Kier molecular flexibility index (Phi) is 6.09. The molecule has 1 unspecified atom stereocenters. The Morgan fingerprint density at radius 3 is 3.00 bits per heavy atom. The predicted octanol–water partition coefficient (Wildman–Crippen LogP) is 3.32. The highest BCUT2D eigenvalue weighted by Gasteiger charge is 2.23. The van der Waals surface area contributed by atoms with Crippen LogP contribution in [0, 0.1) is 0 Å². The van der Waals surface area contributed by atoms with Crippen molar-refractivity contribution in [2.75, 3.05) is 19.7 Å². The van der Waals surface area contributed by atoms with Crippen molar-refractivity contribution in [2.24, 2.45) is 0 Å². The van der Waals surface area contributed by atoms with E-state index in [0.717, 1.165) is 49.3 Å². The minimum absolute atomic E-state index is 0.143. The summed E-state index contributed by atoms with van der Waals surface area (Å²) in [6.45, 7) is 4.98. The number of piperidine rings is 1. The van der Waals surface area contributed by atoms with Crippen molar-refractivity contribution in [3.05, 3.63) is 70.4 Å². The zero-order valence-corrected chi connectivity index (χ0v) is 17.0. The molecule has 0 radical (unpaired) electrons. The van der Waals surface area contributed by atoms with Crippen molar-refractivity contribution in [1.82, 2.24) is 19.9 Å². The van der Waals surface area contributed by atoms with E-state index in [0.29, 0.717) is 18.2 Å². The van der Waals surface area contributed by atoms with Gasteiger partial charge in [0.2, 0.25) is 0 Å². The molecule has 1 atom stereocenters. The van der Waals surface area contributed by atoms with E-state index in [-0.39, 0.29) is 17.2 Å². The highest BCUT2D eigenvalue weighted by molar-refractivity contribution is 5.52. The van der Waals surface area contributed by atoms with E-state index in [9.17, 15) is 9.90 Å². The third kappa shape index (κ3) is 4.68. The molecule has 0 aliphatic carbocycles. The third-order valence-electron chi connectivity index (χ3n) is 5.35. The Morgan fingerprint density at radius 1 is 1.30 bits per heavy atom. The minimum atomic E-state index is -0.143. The number of hydrogen-bond donors (Lipinski definition) is 2. The molecule has 0 bridgehead atoms. The number of phenols is 1. The SMILES string of the molecule is CCOc1cc(CN2CCCC(c3cc(=O)[nH]c(-c4cccnc4)n3)C2)ccc1O. The van der Waals surface area contributed by atoms with Gasteiger partial charge in [-0.2, -0.15) is 0 Å². The molecule has 7 nitrogen and oxygen atoms in total. The first kappa shape index (κ1) is 20.1. The maximum atomic E-state index is 12.3. The van der Waals surface area contributed by atoms with Crippen LogP contribution in [0.1, 0.15) is 36.9 Å². The standard InChI is InChI=1S/C23H26N4O3/c1-2-30-21-11-16(7-8-20(21)28)14-27-10-4-6-18(15-27)19-12-22(29)26-23(25-19)17-5-3-9-24-13-17/h3,5,7-9,11-13,18,28H,2,4,6,10,14-15H2,1H3,(H,25,26,29). The van der Waals surface area contributed by atoms with Crippen molar-refractivity contribution in [3.63, 3.8) is 0 Å². The number of phenolic OH excluding ortho intramolecular Hbond substituents is 1. The topological polar surface area (TPSA) is 91.3 Å². The van der Waals surface area contributed by atoms with Crippen LogP contribution in [0.3, 0.4) is 0 Å². The summed E-state index contributed by atoms with van der Waals surface area (Å²) in [5.41, 5.74) is 2.57. The summed E-state index contributed by atoms with van der Waals surface area (Å²) >= 11 is 0. The second-order valence-electron chi connectivity index (χ2n) is 7.57. The van der Waals surface area contributed by atoms with Crippen molar-refractivity contribution in [3.8, 4) is 22.9 Å². The largest absolute Gasteiger partial charge is 0.504 e. The van der Waals surface area contributed by atoms with E-state index in [1.807, 2.05) is 31.2 Å². The van der Waals surface area contributed by atoms with E-state index in [1.165, 1.54) is 0 Å². The number of pyridine rings is 1. The molecule has 1 saturated heterocycles. The van der Waals surface area contributed by atoms with E-state index < -0.39 is 0 Å². The van der Waals surface area contributed by atoms with Gasteiger partial charge in [0.25, 0.3) is 5.56 Å². The molecule has 1 aliphatic rings. The molecule has 1 aliphatic heterocycles. The van der Waals surface area contributed by atoms with Crippen molar-refractivity contribution < 1.29 is 9.84 Å². The number of aromatic amines is 1. The molecule has 2 N–H and O–H groups in total. The van der Waals surface area contributed by atoms with Gasteiger partial charge in [-0.15, -0.1) is 0 Å². The molecule has 7 heteroatoms. The molecule has 2 aromatic heterocycles. The lowest BCUT2D eigenvalue weighted by Gasteiger charge is -2.32.